The molecule has 0 saturated heterocycles. The van der Waals surface area contributed by atoms with Gasteiger partial charge in [0.25, 0.3) is 0 Å². The summed E-state index contributed by atoms with van der Waals surface area (Å²) in [6.07, 6.45) is 23.7. The first-order valence-electron chi connectivity index (χ1n) is 15.4. The molecule has 39 heavy (non-hydrogen) atoms. The van der Waals surface area contributed by atoms with Crippen LogP contribution in [0.1, 0.15) is 142 Å². The fourth-order valence-electron chi connectivity index (χ4n) is 6.01. The number of rotatable bonds is 20. The third-order valence-corrected chi connectivity index (χ3v) is 8.30. The van der Waals surface area contributed by atoms with E-state index in [-0.39, 0.29) is 5.54 Å². The molecule has 0 radical (unpaired) electrons. The molecule has 0 fully saturated rings. The monoisotopic (exact) mass is 589 g/mol. The van der Waals surface area contributed by atoms with Crippen LogP contribution in [-0.2, 0) is 12.0 Å². The average Bonchev–Trinajstić information content (AvgIpc) is 2.83. The maximum absolute atomic E-state index is 10.7. The van der Waals surface area contributed by atoms with Gasteiger partial charge in [0.05, 0.1) is 20.6 Å². The molecule has 8 heteroatoms. The van der Waals surface area contributed by atoms with Crippen molar-refractivity contribution in [2.24, 2.45) is 0 Å². The van der Waals surface area contributed by atoms with Crippen molar-refractivity contribution in [2.45, 2.75) is 142 Å². The van der Waals surface area contributed by atoms with Crippen molar-refractivity contribution in [3.8, 4) is 0 Å². The normalized spacial score (nSPS) is 14.4. The van der Waals surface area contributed by atoms with Crippen molar-refractivity contribution < 1.29 is 29.7 Å². The van der Waals surface area contributed by atoms with Crippen molar-refractivity contribution in [3.63, 3.8) is 0 Å². The van der Waals surface area contributed by atoms with Gasteiger partial charge in [-0.15, -0.1) is 0 Å². The van der Waals surface area contributed by atoms with Crippen LogP contribution < -0.4 is 0 Å². The molecule has 0 bridgehead atoms. The number of aryl methyl sites for hydroxylation is 1. The second kappa shape index (κ2) is 16.6. The van der Waals surface area contributed by atoms with Gasteiger partial charge < -0.3 is 4.48 Å². The minimum atomic E-state index is -10.7. The van der Waals surface area contributed by atoms with Gasteiger partial charge in [-0.1, -0.05) is 129 Å². The van der Waals surface area contributed by atoms with Gasteiger partial charge in [0, 0.05) is 18.4 Å². The van der Waals surface area contributed by atoms with Crippen molar-refractivity contribution in [2.75, 3.05) is 20.6 Å². The third kappa shape index (κ3) is 18.3. The molecule has 0 saturated carbocycles. The van der Waals surface area contributed by atoms with Crippen molar-refractivity contribution >= 4 is 7.81 Å². The number of hydrogen-bond donors (Lipinski definition) is 0. The Hall–Kier alpha value is -0.810. The zero-order valence-corrected chi connectivity index (χ0v) is 26.6. The van der Waals surface area contributed by atoms with E-state index < -0.39 is 7.81 Å². The summed E-state index contributed by atoms with van der Waals surface area (Å²) in [5, 5.41) is 0. The summed E-state index contributed by atoms with van der Waals surface area (Å²) < 4.78 is 60.3. The summed E-state index contributed by atoms with van der Waals surface area (Å²) in [6, 6.07) is 9.23. The Balaban J connectivity index is 0.00000181. The molecule has 1 nitrogen and oxygen atoms in total. The van der Waals surface area contributed by atoms with E-state index >= 15 is 0 Å². The molecule has 0 spiro atoms. The van der Waals surface area contributed by atoms with E-state index in [4.69, 9.17) is 0 Å². The van der Waals surface area contributed by atoms with Crippen LogP contribution in [0.2, 0.25) is 0 Å². The fourth-order valence-corrected chi connectivity index (χ4v) is 6.01. The maximum atomic E-state index is 9.87. The van der Waals surface area contributed by atoms with Crippen LogP contribution >= 0.6 is 7.81 Å². The SMILES string of the molecule is CCCCCCCCCCCCCCCC[N+](C)(C)C(CC)(CC)c1ccccc1CC.F[P-](F)(F)(F)(F)F. The van der Waals surface area contributed by atoms with E-state index in [9.17, 15) is 25.2 Å². The molecule has 0 aliphatic carbocycles. The Morgan fingerprint density at radius 1 is 0.590 bits per heavy atom. The number of unbranched alkanes of at least 4 members (excludes halogenated alkanes) is 13. The summed E-state index contributed by atoms with van der Waals surface area (Å²) in [5.41, 5.74) is 3.38. The van der Waals surface area contributed by atoms with Crippen molar-refractivity contribution in [1.82, 2.24) is 0 Å². The average molecular weight is 590 g/mol. The topological polar surface area (TPSA) is 0 Å². The van der Waals surface area contributed by atoms with E-state index in [1.165, 1.54) is 109 Å². The zero-order chi connectivity index (χ0) is 30.1. The minimum absolute atomic E-state index is 0.239. The molecule has 0 aliphatic heterocycles. The van der Waals surface area contributed by atoms with Crippen LogP contribution in [0.3, 0.4) is 0 Å². The molecular formula is C31H58F6NP. The molecular weight excluding hydrogens is 531 g/mol. The Kier molecular flexibility index (Phi) is 16.2. The van der Waals surface area contributed by atoms with E-state index in [0.717, 1.165) is 10.9 Å². The molecule has 0 aromatic heterocycles. The summed E-state index contributed by atoms with van der Waals surface area (Å²) in [5.74, 6) is 0. The number of quaternary nitrogens is 1. The standard InChI is InChI=1S/C31H58N.F6P/c1-7-11-12-13-14-15-16-17-18-19-20-21-22-25-28-32(5,6)31(9-3,10-4)30-27-24-23-26-29(30)8-2;1-7(2,3,4,5)6/h23-24,26-27H,7-22,25,28H2,1-6H3;/q+1;-1. The van der Waals surface area contributed by atoms with Crippen LogP contribution in [0, 0.1) is 0 Å². The summed E-state index contributed by atoms with van der Waals surface area (Å²) in [4.78, 5) is 0. The predicted octanol–water partition coefficient (Wildman–Crippen LogP) is 13.2. The molecule has 0 heterocycles. The number of hydrogen-bond acceptors (Lipinski definition) is 0. The van der Waals surface area contributed by atoms with Gasteiger partial charge in [-0.25, -0.2) is 0 Å². The van der Waals surface area contributed by atoms with Gasteiger partial charge in [-0.3, -0.25) is 0 Å². The van der Waals surface area contributed by atoms with Gasteiger partial charge in [0.1, 0.15) is 5.54 Å². The summed E-state index contributed by atoms with van der Waals surface area (Å²) in [7, 11) is -5.68. The van der Waals surface area contributed by atoms with E-state index in [2.05, 4.69) is 66.1 Å². The molecule has 1 aromatic carbocycles. The van der Waals surface area contributed by atoms with E-state index in [1.54, 1.807) is 11.1 Å². The van der Waals surface area contributed by atoms with Crippen molar-refractivity contribution in [1.29, 1.82) is 0 Å². The van der Waals surface area contributed by atoms with Crippen LogP contribution in [0.15, 0.2) is 24.3 Å². The third-order valence-electron chi connectivity index (χ3n) is 8.30. The van der Waals surface area contributed by atoms with E-state index in [1.807, 2.05) is 0 Å². The second-order valence-electron chi connectivity index (χ2n) is 11.7. The Morgan fingerprint density at radius 2 is 0.949 bits per heavy atom. The van der Waals surface area contributed by atoms with Crippen molar-refractivity contribution in [3.05, 3.63) is 35.4 Å². The Labute approximate surface area is 236 Å². The number of nitrogens with zero attached hydrogens (tertiary/aromatic N) is 1. The molecule has 0 unspecified atom stereocenters. The van der Waals surface area contributed by atoms with Gasteiger partial charge in [0.2, 0.25) is 0 Å². The Morgan fingerprint density at radius 3 is 1.31 bits per heavy atom. The fraction of sp³-hybridized carbons (Fsp3) is 0.806. The van der Waals surface area contributed by atoms with Gasteiger partial charge in [-0.05, 0) is 24.8 Å². The van der Waals surface area contributed by atoms with E-state index in [0.29, 0.717) is 0 Å². The van der Waals surface area contributed by atoms with Crippen LogP contribution in [0.25, 0.3) is 0 Å². The van der Waals surface area contributed by atoms with Crippen LogP contribution in [0.4, 0.5) is 25.2 Å². The molecule has 1 aromatic rings. The molecule has 234 valence electrons. The number of benzene rings is 1. The molecule has 0 aliphatic rings. The summed E-state index contributed by atoms with van der Waals surface area (Å²) in [6.45, 7) is 10.7. The molecule has 0 atom stereocenters. The first kappa shape index (κ1) is 38.2. The van der Waals surface area contributed by atoms with Crippen LogP contribution in [-0.4, -0.2) is 25.1 Å². The first-order valence-corrected chi connectivity index (χ1v) is 17.4. The second-order valence-corrected chi connectivity index (χ2v) is 13.6. The summed E-state index contributed by atoms with van der Waals surface area (Å²) >= 11 is 0. The predicted molar refractivity (Wildman–Crippen MR) is 159 cm³/mol. The van der Waals surface area contributed by atoms with Gasteiger partial charge in [-0.2, -0.15) is 0 Å². The Bertz CT molecular complexity index is 761. The van der Waals surface area contributed by atoms with Crippen LogP contribution in [0.5, 0.6) is 0 Å². The van der Waals surface area contributed by atoms with Gasteiger partial charge >= 0.3 is 33.0 Å². The molecule has 1 rings (SSSR count). The molecule has 0 N–H and O–H groups in total. The first-order chi connectivity index (χ1) is 17.9. The molecule has 0 amide bonds. The van der Waals surface area contributed by atoms with Gasteiger partial charge in [0.15, 0.2) is 0 Å². The number of halogens is 6. The zero-order valence-electron chi connectivity index (χ0n) is 25.7. The quantitative estimate of drug-likeness (QED) is 0.0614.